The lowest BCUT2D eigenvalue weighted by Crippen LogP contribution is -2.21. The lowest BCUT2D eigenvalue weighted by Gasteiger charge is -2.06. The first-order valence-corrected chi connectivity index (χ1v) is 6.04. The van der Waals surface area contributed by atoms with E-state index in [9.17, 15) is 9.59 Å². The number of esters is 1. The molecule has 0 saturated heterocycles. The van der Waals surface area contributed by atoms with Crippen molar-refractivity contribution in [3.63, 3.8) is 0 Å². The first kappa shape index (κ1) is 13.1. The summed E-state index contributed by atoms with van der Waals surface area (Å²) >= 11 is 0. The summed E-state index contributed by atoms with van der Waals surface area (Å²) in [6.45, 7) is 3.83. The SMILES string of the molecule is CCOC(=O)c1c(C)oc(=O)n1Cc1ccccc1. The van der Waals surface area contributed by atoms with Gasteiger partial charge in [-0.1, -0.05) is 30.3 Å². The molecule has 0 aliphatic rings. The summed E-state index contributed by atoms with van der Waals surface area (Å²) in [6, 6.07) is 9.39. The fourth-order valence-corrected chi connectivity index (χ4v) is 1.88. The molecule has 0 aliphatic carbocycles. The van der Waals surface area contributed by atoms with E-state index in [2.05, 4.69) is 0 Å². The zero-order valence-electron chi connectivity index (χ0n) is 10.9. The molecule has 0 unspecified atom stereocenters. The first-order chi connectivity index (χ1) is 9.13. The molecule has 0 saturated carbocycles. The molecule has 100 valence electrons. The molecule has 0 fully saturated rings. The van der Waals surface area contributed by atoms with Crippen LogP contribution in [0, 0.1) is 6.92 Å². The number of carbonyl (C=O) groups excluding carboxylic acids is 1. The molecule has 0 bridgehead atoms. The summed E-state index contributed by atoms with van der Waals surface area (Å²) in [7, 11) is 0. The Morgan fingerprint density at radius 2 is 2.00 bits per heavy atom. The largest absolute Gasteiger partial charge is 0.461 e. The van der Waals surface area contributed by atoms with Gasteiger partial charge in [0.15, 0.2) is 5.69 Å². The van der Waals surface area contributed by atoms with Gasteiger partial charge in [-0.3, -0.25) is 4.57 Å². The number of oxazole rings is 1. The predicted molar refractivity (Wildman–Crippen MR) is 69.2 cm³/mol. The molecular weight excluding hydrogens is 246 g/mol. The van der Waals surface area contributed by atoms with Crippen LogP contribution < -0.4 is 5.76 Å². The van der Waals surface area contributed by atoms with Crippen LogP contribution in [0.4, 0.5) is 0 Å². The number of aromatic nitrogens is 1. The molecule has 0 N–H and O–H groups in total. The van der Waals surface area contributed by atoms with Crippen LogP contribution in [-0.2, 0) is 11.3 Å². The number of carbonyl (C=O) groups is 1. The van der Waals surface area contributed by atoms with Gasteiger partial charge in [0.1, 0.15) is 5.76 Å². The van der Waals surface area contributed by atoms with Crippen molar-refractivity contribution in [3.8, 4) is 0 Å². The number of benzene rings is 1. The molecule has 1 aromatic carbocycles. The highest BCUT2D eigenvalue weighted by molar-refractivity contribution is 5.88. The van der Waals surface area contributed by atoms with Gasteiger partial charge >= 0.3 is 11.7 Å². The zero-order valence-corrected chi connectivity index (χ0v) is 10.9. The van der Waals surface area contributed by atoms with Crippen molar-refractivity contribution in [2.24, 2.45) is 0 Å². The Hall–Kier alpha value is -2.30. The molecule has 1 heterocycles. The molecule has 5 nitrogen and oxygen atoms in total. The average Bonchev–Trinajstić information content (AvgIpc) is 2.66. The average molecular weight is 261 g/mol. The van der Waals surface area contributed by atoms with Crippen molar-refractivity contribution in [2.75, 3.05) is 6.61 Å². The van der Waals surface area contributed by atoms with Crippen LogP contribution in [0.25, 0.3) is 0 Å². The van der Waals surface area contributed by atoms with E-state index in [0.29, 0.717) is 0 Å². The van der Waals surface area contributed by atoms with Gasteiger partial charge in [0, 0.05) is 0 Å². The van der Waals surface area contributed by atoms with Crippen LogP contribution in [0.3, 0.4) is 0 Å². The molecule has 1 aromatic heterocycles. The number of ether oxygens (including phenoxy) is 1. The Kier molecular flexibility index (Phi) is 3.85. The topological polar surface area (TPSA) is 61.4 Å². The van der Waals surface area contributed by atoms with Crippen LogP contribution in [0.15, 0.2) is 39.5 Å². The van der Waals surface area contributed by atoms with E-state index in [1.165, 1.54) is 4.57 Å². The van der Waals surface area contributed by atoms with Gasteiger partial charge in [-0.2, -0.15) is 0 Å². The summed E-state index contributed by atoms with van der Waals surface area (Å²) < 4.78 is 11.2. The van der Waals surface area contributed by atoms with Gasteiger partial charge in [-0.05, 0) is 19.4 Å². The maximum absolute atomic E-state index is 11.8. The highest BCUT2D eigenvalue weighted by Gasteiger charge is 2.21. The molecule has 0 spiro atoms. The van der Waals surface area contributed by atoms with E-state index < -0.39 is 11.7 Å². The second kappa shape index (κ2) is 5.56. The van der Waals surface area contributed by atoms with Gasteiger partial charge in [-0.25, -0.2) is 9.59 Å². The number of nitrogens with zero attached hydrogens (tertiary/aromatic N) is 1. The number of rotatable bonds is 4. The Balaban J connectivity index is 2.40. The molecule has 19 heavy (non-hydrogen) atoms. The second-order valence-corrected chi connectivity index (χ2v) is 4.06. The van der Waals surface area contributed by atoms with E-state index in [0.717, 1.165) is 5.56 Å². The minimum absolute atomic E-state index is 0.177. The lowest BCUT2D eigenvalue weighted by atomic mass is 10.2. The van der Waals surface area contributed by atoms with Gasteiger partial charge < -0.3 is 9.15 Å². The molecule has 0 atom stereocenters. The number of hydrogen-bond donors (Lipinski definition) is 0. The highest BCUT2D eigenvalue weighted by Crippen LogP contribution is 2.11. The highest BCUT2D eigenvalue weighted by atomic mass is 16.5. The number of hydrogen-bond acceptors (Lipinski definition) is 4. The summed E-state index contributed by atoms with van der Waals surface area (Å²) in [5.41, 5.74) is 1.09. The van der Waals surface area contributed by atoms with Crippen molar-refractivity contribution in [1.82, 2.24) is 4.57 Å². The maximum atomic E-state index is 11.8. The fraction of sp³-hybridized carbons (Fsp3) is 0.286. The van der Waals surface area contributed by atoms with E-state index in [-0.39, 0.29) is 24.6 Å². The molecule has 2 rings (SSSR count). The van der Waals surface area contributed by atoms with Gasteiger partial charge in [-0.15, -0.1) is 0 Å². The van der Waals surface area contributed by atoms with Gasteiger partial charge in [0.25, 0.3) is 0 Å². The Bertz CT molecular complexity index is 625. The summed E-state index contributed by atoms with van der Waals surface area (Å²) in [5, 5.41) is 0. The molecular formula is C14H15NO4. The Morgan fingerprint density at radius 3 is 2.63 bits per heavy atom. The first-order valence-electron chi connectivity index (χ1n) is 6.04. The van der Waals surface area contributed by atoms with Crippen LogP contribution in [0.5, 0.6) is 0 Å². The third-order valence-corrected chi connectivity index (χ3v) is 2.72. The van der Waals surface area contributed by atoms with Crippen molar-refractivity contribution in [2.45, 2.75) is 20.4 Å². The van der Waals surface area contributed by atoms with Crippen LogP contribution in [0.1, 0.15) is 28.7 Å². The van der Waals surface area contributed by atoms with E-state index >= 15 is 0 Å². The summed E-state index contributed by atoms with van der Waals surface area (Å²) in [5.74, 6) is -0.814. The summed E-state index contributed by atoms with van der Waals surface area (Å²) in [6.07, 6.45) is 0. The predicted octanol–water partition coefficient (Wildman–Crippen LogP) is 1.97. The monoisotopic (exact) mass is 261 g/mol. The number of aryl methyl sites for hydroxylation is 1. The van der Waals surface area contributed by atoms with E-state index in [4.69, 9.17) is 9.15 Å². The standard InChI is InChI=1S/C14H15NO4/c1-3-18-13(16)12-10(2)19-14(17)15(12)9-11-7-5-4-6-8-11/h4-8H,3,9H2,1-2H3. The quantitative estimate of drug-likeness (QED) is 0.789. The van der Waals surface area contributed by atoms with E-state index in [1.54, 1.807) is 13.8 Å². The van der Waals surface area contributed by atoms with Crippen LogP contribution in [-0.4, -0.2) is 17.1 Å². The third-order valence-electron chi connectivity index (χ3n) is 2.72. The maximum Gasteiger partial charge on any atom is 0.420 e. The van der Waals surface area contributed by atoms with Crippen molar-refractivity contribution in [1.29, 1.82) is 0 Å². The molecule has 0 aliphatic heterocycles. The van der Waals surface area contributed by atoms with Crippen molar-refractivity contribution in [3.05, 3.63) is 57.9 Å². The Labute approximate surface area is 110 Å². The molecule has 0 amide bonds. The minimum atomic E-state index is -0.551. The fourth-order valence-electron chi connectivity index (χ4n) is 1.88. The van der Waals surface area contributed by atoms with E-state index in [1.807, 2.05) is 30.3 Å². The second-order valence-electron chi connectivity index (χ2n) is 4.06. The summed E-state index contributed by atoms with van der Waals surface area (Å²) in [4.78, 5) is 23.6. The third kappa shape index (κ3) is 2.76. The van der Waals surface area contributed by atoms with Gasteiger partial charge in [0.05, 0.1) is 13.2 Å². The lowest BCUT2D eigenvalue weighted by molar-refractivity contribution is 0.0512. The minimum Gasteiger partial charge on any atom is -0.461 e. The molecule has 2 aromatic rings. The van der Waals surface area contributed by atoms with Gasteiger partial charge in [0.2, 0.25) is 0 Å². The van der Waals surface area contributed by atoms with Crippen LogP contribution in [0.2, 0.25) is 0 Å². The van der Waals surface area contributed by atoms with Crippen molar-refractivity contribution >= 4 is 5.97 Å². The van der Waals surface area contributed by atoms with Crippen molar-refractivity contribution < 1.29 is 13.9 Å². The smallest absolute Gasteiger partial charge is 0.420 e. The molecule has 5 heteroatoms. The Morgan fingerprint density at radius 1 is 1.32 bits per heavy atom. The van der Waals surface area contributed by atoms with Crippen LogP contribution >= 0.6 is 0 Å². The zero-order chi connectivity index (χ0) is 13.8. The molecule has 0 radical (unpaired) electrons. The normalized spacial score (nSPS) is 10.4.